The van der Waals surface area contributed by atoms with E-state index in [1.54, 1.807) is 0 Å². The largest absolute Gasteiger partial charge is 0.457 e. The fourth-order valence-electron chi connectivity index (χ4n) is 5.40. The van der Waals surface area contributed by atoms with Crippen LogP contribution in [0.15, 0.2) is 114 Å². The topological polar surface area (TPSA) is 22.4 Å². The second-order valence-corrected chi connectivity index (χ2v) is 9.82. The van der Waals surface area contributed by atoms with Gasteiger partial charge in [-0.2, -0.15) is 0 Å². The highest BCUT2D eigenvalue weighted by molar-refractivity contribution is 6.05. The monoisotopic (exact) mass is 452 g/mol. The Bertz CT molecular complexity index is 1740. The van der Waals surface area contributed by atoms with Crippen LogP contribution in [0.2, 0.25) is 0 Å². The van der Waals surface area contributed by atoms with Gasteiger partial charge in [0.2, 0.25) is 0 Å². The van der Waals surface area contributed by atoms with Crippen molar-refractivity contribution in [1.82, 2.24) is 0 Å². The van der Waals surface area contributed by atoms with Gasteiger partial charge >= 0.3 is 0 Å². The third-order valence-corrected chi connectivity index (χ3v) is 7.37. The number of furan rings is 1. The lowest BCUT2D eigenvalue weighted by molar-refractivity contribution is 0.418. The van der Waals surface area contributed by atoms with Gasteiger partial charge in [-0.3, -0.25) is 0 Å². The zero-order chi connectivity index (χ0) is 23.6. The van der Waals surface area contributed by atoms with Crippen LogP contribution in [0.1, 0.15) is 25.0 Å². The maximum absolute atomic E-state index is 6.32. The smallest absolute Gasteiger partial charge is 0.136 e. The standard InChI is InChI=1S/C33H24O2/c1-33(2)27-8-4-6-10-30(27)35-32-20-24(16-18-28(32)33)22-13-11-21(12-14-22)23-15-17-26-25-7-3-5-9-29(25)34-31(26)19-23/h3-20H,1-2H3. The summed E-state index contributed by atoms with van der Waals surface area (Å²) in [6, 6.07) is 38.3. The minimum absolute atomic E-state index is 0.0954. The van der Waals surface area contributed by atoms with Crippen molar-refractivity contribution in [3.63, 3.8) is 0 Å². The molecule has 6 aromatic rings. The van der Waals surface area contributed by atoms with Gasteiger partial charge < -0.3 is 9.15 Å². The second kappa shape index (κ2) is 7.35. The van der Waals surface area contributed by atoms with E-state index >= 15 is 0 Å². The van der Waals surface area contributed by atoms with Crippen LogP contribution in [-0.4, -0.2) is 0 Å². The van der Waals surface area contributed by atoms with Gasteiger partial charge in [-0.25, -0.2) is 0 Å². The molecule has 0 atom stereocenters. The van der Waals surface area contributed by atoms with E-state index in [1.165, 1.54) is 22.3 Å². The first kappa shape index (κ1) is 20.1. The first-order valence-corrected chi connectivity index (χ1v) is 12.0. The van der Waals surface area contributed by atoms with E-state index in [9.17, 15) is 0 Å². The summed E-state index contributed by atoms with van der Waals surface area (Å²) in [6.07, 6.45) is 0. The quantitative estimate of drug-likeness (QED) is 0.261. The second-order valence-electron chi connectivity index (χ2n) is 9.82. The van der Waals surface area contributed by atoms with Gasteiger partial charge in [0.1, 0.15) is 22.7 Å². The predicted octanol–water partition coefficient (Wildman–Crippen LogP) is 9.35. The summed E-state index contributed by atoms with van der Waals surface area (Å²) in [5.74, 6) is 1.88. The molecule has 0 aliphatic carbocycles. The minimum atomic E-state index is -0.0954. The molecular formula is C33H24O2. The van der Waals surface area contributed by atoms with Crippen LogP contribution in [0.5, 0.6) is 11.5 Å². The highest BCUT2D eigenvalue weighted by atomic mass is 16.5. The molecule has 0 fully saturated rings. The molecule has 0 amide bonds. The summed E-state index contributed by atoms with van der Waals surface area (Å²) in [5.41, 5.74) is 8.83. The normalized spacial score (nSPS) is 13.9. The molecular weight excluding hydrogens is 428 g/mol. The van der Waals surface area contributed by atoms with Crippen molar-refractivity contribution in [2.45, 2.75) is 19.3 Å². The van der Waals surface area contributed by atoms with Crippen molar-refractivity contribution in [3.8, 4) is 33.8 Å². The van der Waals surface area contributed by atoms with E-state index in [-0.39, 0.29) is 5.41 Å². The molecule has 1 aliphatic rings. The zero-order valence-corrected chi connectivity index (χ0v) is 19.7. The molecule has 0 unspecified atom stereocenters. The molecule has 7 rings (SSSR count). The number of fused-ring (bicyclic) bond motifs is 5. The van der Waals surface area contributed by atoms with Gasteiger partial charge in [0.25, 0.3) is 0 Å². The molecule has 0 saturated carbocycles. The van der Waals surface area contributed by atoms with Crippen molar-refractivity contribution in [3.05, 3.63) is 120 Å². The van der Waals surface area contributed by atoms with Crippen molar-refractivity contribution in [2.24, 2.45) is 0 Å². The van der Waals surface area contributed by atoms with E-state index in [0.29, 0.717) is 0 Å². The maximum Gasteiger partial charge on any atom is 0.136 e. The van der Waals surface area contributed by atoms with Crippen LogP contribution in [0, 0.1) is 0 Å². The number of hydrogen-bond acceptors (Lipinski definition) is 2. The maximum atomic E-state index is 6.32. The van der Waals surface area contributed by atoms with Crippen LogP contribution in [0.3, 0.4) is 0 Å². The average Bonchev–Trinajstić information content (AvgIpc) is 3.26. The lowest BCUT2D eigenvalue weighted by atomic mass is 9.75. The van der Waals surface area contributed by atoms with Crippen LogP contribution in [-0.2, 0) is 5.41 Å². The van der Waals surface area contributed by atoms with Crippen LogP contribution >= 0.6 is 0 Å². The summed E-state index contributed by atoms with van der Waals surface area (Å²) in [4.78, 5) is 0. The lowest BCUT2D eigenvalue weighted by Crippen LogP contribution is -2.24. The summed E-state index contributed by atoms with van der Waals surface area (Å²) in [5, 5.41) is 2.31. The van der Waals surface area contributed by atoms with Gasteiger partial charge in [0, 0.05) is 27.3 Å². The van der Waals surface area contributed by atoms with E-state index in [1.807, 2.05) is 18.2 Å². The van der Waals surface area contributed by atoms with Gasteiger partial charge in [-0.1, -0.05) is 92.7 Å². The Balaban J connectivity index is 1.23. The fourth-order valence-corrected chi connectivity index (χ4v) is 5.40. The Hall–Kier alpha value is -4.30. The average molecular weight is 453 g/mol. The number of benzene rings is 5. The van der Waals surface area contributed by atoms with Gasteiger partial charge in [-0.05, 0) is 52.6 Å². The van der Waals surface area contributed by atoms with Crippen LogP contribution in [0.4, 0.5) is 0 Å². The molecule has 1 aliphatic heterocycles. The van der Waals surface area contributed by atoms with E-state index in [0.717, 1.165) is 44.6 Å². The number of para-hydroxylation sites is 2. The molecule has 2 heterocycles. The molecule has 5 aromatic carbocycles. The van der Waals surface area contributed by atoms with E-state index < -0.39 is 0 Å². The number of rotatable bonds is 2. The first-order chi connectivity index (χ1) is 17.1. The molecule has 35 heavy (non-hydrogen) atoms. The van der Waals surface area contributed by atoms with Gasteiger partial charge in [0.15, 0.2) is 0 Å². The van der Waals surface area contributed by atoms with Crippen molar-refractivity contribution < 1.29 is 9.15 Å². The van der Waals surface area contributed by atoms with Gasteiger partial charge in [-0.15, -0.1) is 0 Å². The molecule has 0 bridgehead atoms. The third kappa shape index (κ3) is 3.10. The van der Waals surface area contributed by atoms with Crippen LogP contribution in [0.25, 0.3) is 44.2 Å². The van der Waals surface area contributed by atoms with Crippen molar-refractivity contribution in [2.75, 3.05) is 0 Å². The molecule has 0 spiro atoms. The molecule has 0 N–H and O–H groups in total. The highest BCUT2D eigenvalue weighted by Gasteiger charge is 2.33. The number of hydrogen-bond donors (Lipinski definition) is 0. The van der Waals surface area contributed by atoms with E-state index in [2.05, 4.69) is 105 Å². The SMILES string of the molecule is CC1(C)c2ccccc2Oc2cc(-c3ccc(-c4ccc5c(c4)oc4ccccc45)cc3)ccc21. The Morgan fingerprint density at radius 2 is 1.09 bits per heavy atom. The summed E-state index contributed by atoms with van der Waals surface area (Å²) in [7, 11) is 0. The zero-order valence-electron chi connectivity index (χ0n) is 19.7. The molecule has 0 radical (unpaired) electrons. The Kier molecular flexibility index (Phi) is 4.22. The molecule has 0 saturated heterocycles. The summed E-state index contributed by atoms with van der Waals surface area (Å²) in [6.45, 7) is 4.53. The molecule has 1 aromatic heterocycles. The van der Waals surface area contributed by atoms with Crippen molar-refractivity contribution in [1.29, 1.82) is 0 Å². The van der Waals surface area contributed by atoms with Crippen LogP contribution < -0.4 is 4.74 Å². The van der Waals surface area contributed by atoms with Crippen molar-refractivity contribution >= 4 is 21.9 Å². The van der Waals surface area contributed by atoms with Gasteiger partial charge in [0.05, 0.1) is 0 Å². The number of ether oxygens (including phenoxy) is 1. The molecule has 2 nitrogen and oxygen atoms in total. The highest BCUT2D eigenvalue weighted by Crippen LogP contribution is 2.48. The summed E-state index contributed by atoms with van der Waals surface area (Å²) < 4.78 is 12.4. The predicted molar refractivity (Wildman–Crippen MR) is 143 cm³/mol. The Labute approximate surface area is 204 Å². The minimum Gasteiger partial charge on any atom is -0.457 e. The Morgan fingerprint density at radius 3 is 1.91 bits per heavy atom. The molecule has 2 heteroatoms. The Morgan fingerprint density at radius 1 is 0.486 bits per heavy atom. The fraction of sp³-hybridized carbons (Fsp3) is 0.0909. The lowest BCUT2D eigenvalue weighted by Gasteiger charge is -2.34. The first-order valence-electron chi connectivity index (χ1n) is 12.0. The molecule has 168 valence electrons. The third-order valence-electron chi connectivity index (χ3n) is 7.37. The summed E-state index contributed by atoms with van der Waals surface area (Å²) >= 11 is 0. The van der Waals surface area contributed by atoms with E-state index in [4.69, 9.17) is 9.15 Å².